The molecule has 0 saturated carbocycles. The first-order valence-corrected chi connectivity index (χ1v) is 17.3. The molecule has 10 rings (SSSR count). The summed E-state index contributed by atoms with van der Waals surface area (Å²) in [6.07, 6.45) is 0. The number of fused-ring (bicyclic) bond motifs is 7. The highest BCUT2D eigenvalue weighted by Gasteiger charge is 2.40. The molecule has 9 aromatic rings. The van der Waals surface area contributed by atoms with E-state index in [9.17, 15) is 0 Å². The summed E-state index contributed by atoms with van der Waals surface area (Å²) >= 11 is 0. The van der Waals surface area contributed by atoms with E-state index in [4.69, 9.17) is 9.97 Å². The van der Waals surface area contributed by atoms with Gasteiger partial charge in [0.1, 0.15) is 0 Å². The van der Waals surface area contributed by atoms with Crippen molar-refractivity contribution in [2.75, 3.05) is 0 Å². The third-order valence-corrected chi connectivity index (χ3v) is 10.8. The van der Waals surface area contributed by atoms with Crippen LogP contribution < -0.4 is 0 Å². The molecule has 0 radical (unpaired) electrons. The van der Waals surface area contributed by atoms with E-state index in [-0.39, 0.29) is 5.41 Å². The predicted molar refractivity (Wildman–Crippen MR) is 208 cm³/mol. The molecule has 2 nitrogen and oxygen atoms in total. The summed E-state index contributed by atoms with van der Waals surface area (Å²) in [5.74, 6) is 0.730. The molecule has 0 amide bonds. The molecule has 0 N–H and O–H groups in total. The maximum Gasteiger partial charge on any atom is 0.161 e. The summed E-state index contributed by atoms with van der Waals surface area (Å²) in [5, 5.41) is 7.14. The number of hydrogen-bond acceptors (Lipinski definition) is 2. The Morgan fingerprint density at radius 1 is 0.400 bits per heavy atom. The number of hydrogen-bond donors (Lipinski definition) is 0. The fourth-order valence-corrected chi connectivity index (χ4v) is 8.26. The minimum Gasteiger partial charge on any atom is -0.228 e. The summed E-state index contributed by atoms with van der Waals surface area (Å²) in [6, 6.07) is 63.3. The Hall–Kier alpha value is -6.38. The summed E-state index contributed by atoms with van der Waals surface area (Å²) in [6.45, 7) is 2.37. The van der Waals surface area contributed by atoms with Gasteiger partial charge in [-0.3, -0.25) is 0 Å². The smallest absolute Gasteiger partial charge is 0.161 e. The van der Waals surface area contributed by atoms with Crippen molar-refractivity contribution < 1.29 is 0 Å². The lowest BCUT2D eigenvalue weighted by Gasteiger charge is -2.28. The van der Waals surface area contributed by atoms with Crippen LogP contribution in [-0.4, -0.2) is 9.97 Å². The van der Waals surface area contributed by atoms with E-state index in [0.29, 0.717) is 0 Å². The van der Waals surface area contributed by atoms with Crippen molar-refractivity contribution >= 4 is 32.3 Å². The molecule has 0 fully saturated rings. The highest BCUT2D eigenvalue weighted by molar-refractivity contribution is 6.19. The van der Waals surface area contributed by atoms with E-state index in [1.165, 1.54) is 49.4 Å². The van der Waals surface area contributed by atoms with Gasteiger partial charge in [-0.2, -0.15) is 0 Å². The lowest BCUT2D eigenvalue weighted by Crippen LogP contribution is -2.22. The van der Waals surface area contributed by atoms with Gasteiger partial charge in [-0.1, -0.05) is 158 Å². The largest absolute Gasteiger partial charge is 0.228 e. The average Bonchev–Trinajstić information content (AvgIpc) is 3.45. The molecule has 0 spiro atoms. The quantitative estimate of drug-likeness (QED) is 0.142. The highest BCUT2D eigenvalue weighted by Crippen LogP contribution is 2.53. The first-order chi connectivity index (χ1) is 24.7. The van der Waals surface area contributed by atoms with Gasteiger partial charge in [0, 0.05) is 22.1 Å². The van der Waals surface area contributed by atoms with Gasteiger partial charge in [-0.25, -0.2) is 9.97 Å². The molecular weight excluding hydrogens is 605 g/mol. The molecule has 1 aliphatic rings. The lowest BCUT2D eigenvalue weighted by molar-refractivity contribution is 0.714. The Morgan fingerprint density at radius 3 is 1.86 bits per heavy atom. The van der Waals surface area contributed by atoms with Crippen LogP contribution >= 0.6 is 0 Å². The molecule has 8 aromatic carbocycles. The third kappa shape index (κ3) is 4.28. The van der Waals surface area contributed by atoms with E-state index in [2.05, 4.69) is 183 Å². The van der Waals surface area contributed by atoms with Gasteiger partial charge >= 0.3 is 0 Å². The first kappa shape index (κ1) is 28.6. The van der Waals surface area contributed by atoms with Crippen LogP contribution in [0.4, 0.5) is 0 Å². The standard InChI is InChI=1S/C48H32N2/c1-48(35-18-6-3-7-19-35)42-23-13-12-22-38(42)39-26-25-34(29-43(39)48)45-30-44(32-15-4-2-5-16-32)49-47(50-45)46-37-21-11-9-17-33(37)28-41-36-20-10-8-14-31(36)24-27-40(41)46/h2-30H,1H3. The lowest BCUT2D eigenvalue weighted by atomic mass is 9.74. The van der Waals surface area contributed by atoms with Gasteiger partial charge in [0.2, 0.25) is 0 Å². The maximum absolute atomic E-state index is 5.46. The van der Waals surface area contributed by atoms with E-state index in [1.54, 1.807) is 0 Å². The normalized spacial score (nSPS) is 15.0. The Labute approximate surface area is 291 Å². The SMILES string of the molecule is CC1(c2ccccc2)c2ccccc2-c2ccc(-c3cc(-c4ccccc4)nc(-c4c5ccccc5cc5c4ccc4ccccc45)n3)cc21. The van der Waals surface area contributed by atoms with Crippen molar-refractivity contribution in [1.29, 1.82) is 0 Å². The molecule has 0 aliphatic heterocycles. The van der Waals surface area contributed by atoms with Gasteiger partial charge in [0.15, 0.2) is 5.82 Å². The second-order valence-corrected chi connectivity index (χ2v) is 13.5. The fraction of sp³-hybridized carbons (Fsp3) is 0.0417. The number of rotatable bonds is 4. The molecule has 0 bridgehead atoms. The summed E-state index contributed by atoms with van der Waals surface area (Å²) in [4.78, 5) is 10.8. The van der Waals surface area contributed by atoms with Gasteiger partial charge in [0.25, 0.3) is 0 Å². The van der Waals surface area contributed by atoms with Gasteiger partial charge in [-0.15, -0.1) is 0 Å². The number of aromatic nitrogens is 2. The molecule has 0 saturated heterocycles. The fourth-order valence-electron chi connectivity index (χ4n) is 8.26. The molecule has 2 heteroatoms. The van der Waals surface area contributed by atoms with Gasteiger partial charge in [-0.05, 0) is 85.3 Å². The highest BCUT2D eigenvalue weighted by atomic mass is 14.9. The molecule has 50 heavy (non-hydrogen) atoms. The van der Waals surface area contributed by atoms with Crippen molar-refractivity contribution in [3.63, 3.8) is 0 Å². The monoisotopic (exact) mass is 636 g/mol. The number of nitrogens with zero attached hydrogens (tertiary/aromatic N) is 2. The Morgan fingerprint density at radius 2 is 1.04 bits per heavy atom. The summed E-state index contributed by atoms with van der Waals surface area (Å²) in [7, 11) is 0. The van der Waals surface area contributed by atoms with E-state index >= 15 is 0 Å². The first-order valence-electron chi connectivity index (χ1n) is 17.3. The Kier molecular flexibility index (Phi) is 6.34. The molecule has 1 aromatic heterocycles. The van der Waals surface area contributed by atoms with E-state index < -0.39 is 0 Å². The minimum atomic E-state index is -0.297. The van der Waals surface area contributed by atoms with Crippen molar-refractivity contribution in [2.45, 2.75) is 12.3 Å². The van der Waals surface area contributed by atoms with E-state index in [1.807, 2.05) is 0 Å². The van der Waals surface area contributed by atoms with Crippen LogP contribution in [0.2, 0.25) is 0 Å². The maximum atomic E-state index is 5.46. The van der Waals surface area contributed by atoms with Gasteiger partial charge < -0.3 is 0 Å². The van der Waals surface area contributed by atoms with Crippen molar-refractivity contribution in [3.8, 4) is 45.0 Å². The van der Waals surface area contributed by atoms with Crippen molar-refractivity contribution in [3.05, 3.63) is 193 Å². The van der Waals surface area contributed by atoms with Crippen molar-refractivity contribution in [2.24, 2.45) is 0 Å². The molecule has 1 aliphatic carbocycles. The summed E-state index contributed by atoms with van der Waals surface area (Å²) < 4.78 is 0. The van der Waals surface area contributed by atoms with Crippen LogP contribution in [0.25, 0.3) is 77.3 Å². The van der Waals surface area contributed by atoms with Crippen LogP contribution in [0.5, 0.6) is 0 Å². The van der Waals surface area contributed by atoms with Crippen LogP contribution in [0, 0.1) is 0 Å². The predicted octanol–water partition coefficient (Wildman–Crippen LogP) is 12.3. The Bertz CT molecular complexity index is 2770. The second-order valence-electron chi connectivity index (χ2n) is 13.5. The average molecular weight is 637 g/mol. The van der Waals surface area contributed by atoms with Crippen molar-refractivity contribution in [1.82, 2.24) is 9.97 Å². The number of benzene rings is 8. The van der Waals surface area contributed by atoms with E-state index in [0.717, 1.165) is 44.7 Å². The molecular formula is C48H32N2. The second kappa shape index (κ2) is 11.1. The molecule has 234 valence electrons. The zero-order chi connectivity index (χ0) is 33.2. The summed E-state index contributed by atoms with van der Waals surface area (Å²) in [5.41, 5.74) is 11.2. The molecule has 1 atom stereocenters. The Balaban J connectivity index is 1.25. The topological polar surface area (TPSA) is 25.8 Å². The van der Waals surface area contributed by atoms with Crippen LogP contribution in [0.3, 0.4) is 0 Å². The van der Waals surface area contributed by atoms with Crippen LogP contribution in [-0.2, 0) is 5.41 Å². The zero-order valence-electron chi connectivity index (χ0n) is 27.6. The third-order valence-electron chi connectivity index (χ3n) is 10.8. The van der Waals surface area contributed by atoms with Gasteiger partial charge in [0.05, 0.1) is 11.4 Å². The minimum absolute atomic E-state index is 0.297. The molecule has 1 unspecified atom stereocenters. The molecule has 1 heterocycles. The van der Waals surface area contributed by atoms with Crippen LogP contribution in [0.1, 0.15) is 23.6 Å². The zero-order valence-corrected chi connectivity index (χ0v) is 27.6. The van der Waals surface area contributed by atoms with Crippen LogP contribution in [0.15, 0.2) is 176 Å².